The molecule has 1 aliphatic carbocycles. The van der Waals surface area contributed by atoms with Gasteiger partial charge in [-0.2, -0.15) is 0 Å². The molecule has 1 aliphatic rings. The van der Waals surface area contributed by atoms with Crippen LogP contribution in [0.5, 0.6) is 0 Å². The minimum Gasteiger partial charge on any atom is -0.257 e. The monoisotopic (exact) mass is 170 g/mol. The Labute approximate surface area is 76.1 Å². The van der Waals surface area contributed by atoms with Crippen molar-refractivity contribution in [3.63, 3.8) is 0 Å². The lowest BCUT2D eigenvalue weighted by molar-refractivity contribution is 0.318. The van der Waals surface area contributed by atoms with Gasteiger partial charge in [0.05, 0.1) is 0 Å². The fourth-order valence-corrected chi connectivity index (χ4v) is 1.80. The molecule has 1 fully saturated rings. The third-order valence-corrected chi connectivity index (χ3v) is 2.51. The average molecular weight is 170 g/mol. The van der Waals surface area contributed by atoms with Crippen LogP contribution in [0, 0.1) is 5.92 Å². The summed E-state index contributed by atoms with van der Waals surface area (Å²) in [5.41, 5.74) is 6.55. The van der Waals surface area contributed by atoms with Crippen molar-refractivity contribution in [1.82, 2.24) is 10.9 Å². The lowest BCUT2D eigenvalue weighted by Gasteiger charge is -2.22. The van der Waals surface area contributed by atoms with Crippen LogP contribution in [0.1, 0.15) is 46.0 Å². The van der Waals surface area contributed by atoms with Crippen LogP contribution >= 0.6 is 0 Å². The largest absolute Gasteiger partial charge is 0.257 e. The summed E-state index contributed by atoms with van der Waals surface area (Å²) in [6, 6.07) is 0.550. The fourth-order valence-electron chi connectivity index (χ4n) is 1.80. The standard InChI is InChI=1S/C10H22N2/c1-9(2)12-11-8-10-6-4-3-5-7-10/h9-12H,3-8H2,1-2H3. The molecule has 0 aromatic rings. The second kappa shape index (κ2) is 5.55. The van der Waals surface area contributed by atoms with Crippen LogP contribution < -0.4 is 10.9 Å². The normalized spacial score (nSPS) is 20.2. The highest BCUT2D eigenvalue weighted by molar-refractivity contribution is 4.67. The number of hydrazine groups is 1. The summed E-state index contributed by atoms with van der Waals surface area (Å²) >= 11 is 0. The number of rotatable bonds is 4. The van der Waals surface area contributed by atoms with Gasteiger partial charge in [0.15, 0.2) is 0 Å². The van der Waals surface area contributed by atoms with Crippen molar-refractivity contribution < 1.29 is 0 Å². The predicted octanol–water partition coefficient (Wildman–Crippen LogP) is 2.07. The Morgan fingerprint density at radius 2 is 1.83 bits per heavy atom. The van der Waals surface area contributed by atoms with E-state index in [-0.39, 0.29) is 0 Å². The van der Waals surface area contributed by atoms with Gasteiger partial charge in [-0.05, 0) is 32.6 Å². The number of nitrogens with one attached hydrogen (secondary N) is 2. The maximum atomic E-state index is 3.30. The molecule has 2 heteroatoms. The molecule has 0 heterocycles. The molecule has 0 aromatic heterocycles. The van der Waals surface area contributed by atoms with Crippen molar-refractivity contribution in [3.8, 4) is 0 Å². The summed E-state index contributed by atoms with van der Waals surface area (Å²) < 4.78 is 0. The summed E-state index contributed by atoms with van der Waals surface area (Å²) in [5.74, 6) is 0.921. The maximum Gasteiger partial charge on any atom is 0.0156 e. The highest BCUT2D eigenvalue weighted by Crippen LogP contribution is 2.22. The molecule has 0 aliphatic heterocycles. The van der Waals surface area contributed by atoms with E-state index in [0.717, 1.165) is 12.5 Å². The van der Waals surface area contributed by atoms with Gasteiger partial charge in [0.25, 0.3) is 0 Å². The molecule has 0 atom stereocenters. The van der Waals surface area contributed by atoms with Crippen LogP contribution in [0.4, 0.5) is 0 Å². The lowest BCUT2D eigenvalue weighted by atomic mass is 9.89. The third kappa shape index (κ3) is 4.07. The lowest BCUT2D eigenvalue weighted by Crippen LogP contribution is -2.40. The molecule has 0 aromatic carbocycles. The zero-order chi connectivity index (χ0) is 8.81. The predicted molar refractivity (Wildman–Crippen MR) is 52.8 cm³/mol. The third-order valence-electron chi connectivity index (χ3n) is 2.51. The molecule has 1 saturated carbocycles. The summed E-state index contributed by atoms with van der Waals surface area (Å²) in [6.07, 6.45) is 7.18. The summed E-state index contributed by atoms with van der Waals surface area (Å²) in [5, 5.41) is 0. The molecule has 72 valence electrons. The number of hydrogen-bond acceptors (Lipinski definition) is 2. The molecule has 0 spiro atoms. The van der Waals surface area contributed by atoms with Crippen molar-refractivity contribution in [3.05, 3.63) is 0 Å². The molecule has 0 saturated heterocycles. The van der Waals surface area contributed by atoms with Crippen molar-refractivity contribution >= 4 is 0 Å². The van der Waals surface area contributed by atoms with Gasteiger partial charge in [0.2, 0.25) is 0 Å². The van der Waals surface area contributed by atoms with Crippen LogP contribution in [-0.2, 0) is 0 Å². The topological polar surface area (TPSA) is 24.1 Å². The Morgan fingerprint density at radius 1 is 1.17 bits per heavy atom. The van der Waals surface area contributed by atoms with E-state index in [1.165, 1.54) is 32.1 Å². The molecule has 2 nitrogen and oxygen atoms in total. The second-order valence-electron chi connectivity index (χ2n) is 4.18. The van der Waals surface area contributed by atoms with E-state index in [4.69, 9.17) is 0 Å². The Morgan fingerprint density at radius 3 is 2.42 bits per heavy atom. The Balaban J connectivity index is 1.98. The Hall–Kier alpha value is -0.0800. The van der Waals surface area contributed by atoms with Crippen LogP contribution in [0.15, 0.2) is 0 Å². The summed E-state index contributed by atoms with van der Waals surface area (Å²) in [6.45, 7) is 5.47. The van der Waals surface area contributed by atoms with E-state index in [0.29, 0.717) is 6.04 Å². The molecular formula is C10H22N2. The summed E-state index contributed by atoms with van der Waals surface area (Å²) in [4.78, 5) is 0. The van der Waals surface area contributed by atoms with Crippen molar-refractivity contribution in [2.75, 3.05) is 6.54 Å². The van der Waals surface area contributed by atoms with Crippen LogP contribution in [0.2, 0.25) is 0 Å². The van der Waals surface area contributed by atoms with Crippen molar-refractivity contribution in [2.45, 2.75) is 52.0 Å². The van der Waals surface area contributed by atoms with Gasteiger partial charge in [0, 0.05) is 12.6 Å². The van der Waals surface area contributed by atoms with Crippen molar-refractivity contribution in [2.24, 2.45) is 5.92 Å². The molecule has 1 rings (SSSR count). The minimum atomic E-state index is 0.550. The maximum absolute atomic E-state index is 3.30. The van der Waals surface area contributed by atoms with Gasteiger partial charge in [-0.25, -0.2) is 0 Å². The molecule has 12 heavy (non-hydrogen) atoms. The van der Waals surface area contributed by atoms with Gasteiger partial charge in [-0.3, -0.25) is 10.9 Å². The fraction of sp³-hybridized carbons (Fsp3) is 1.00. The first-order valence-corrected chi connectivity index (χ1v) is 5.27. The van der Waals surface area contributed by atoms with Gasteiger partial charge in [0.1, 0.15) is 0 Å². The molecular weight excluding hydrogens is 148 g/mol. The quantitative estimate of drug-likeness (QED) is 0.631. The smallest absolute Gasteiger partial charge is 0.0156 e. The molecule has 0 radical (unpaired) electrons. The van der Waals surface area contributed by atoms with Crippen LogP contribution in [-0.4, -0.2) is 12.6 Å². The van der Waals surface area contributed by atoms with E-state index in [1.54, 1.807) is 0 Å². The van der Waals surface area contributed by atoms with Gasteiger partial charge in [-0.1, -0.05) is 19.3 Å². The molecule has 2 N–H and O–H groups in total. The van der Waals surface area contributed by atoms with E-state index in [2.05, 4.69) is 24.7 Å². The SMILES string of the molecule is CC(C)NNCC1CCCCC1. The average Bonchev–Trinajstić information content (AvgIpc) is 2.05. The van der Waals surface area contributed by atoms with Crippen molar-refractivity contribution in [1.29, 1.82) is 0 Å². The second-order valence-corrected chi connectivity index (χ2v) is 4.18. The summed E-state index contributed by atoms with van der Waals surface area (Å²) in [7, 11) is 0. The zero-order valence-electron chi connectivity index (χ0n) is 8.40. The highest BCUT2D eigenvalue weighted by atomic mass is 15.4. The molecule has 0 unspecified atom stereocenters. The van der Waals surface area contributed by atoms with Crippen LogP contribution in [0.25, 0.3) is 0 Å². The van der Waals surface area contributed by atoms with E-state index < -0.39 is 0 Å². The van der Waals surface area contributed by atoms with Gasteiger partial charge >= 0.3 is 0 Å². The highest BCUT2D eigenvalue weighted by Gasteiger charge is 2.12. The first kappa shape index (κ1) is 10.0. The van der Waals surface area contributed by atoms with E-state index in [9.17, 15) is 0 Å². The van der Waals surface area contributed by atoms with E-state index in [1.807, 2.05) is 0 Å². The molecule has 0 bridgehead atoms. The Bertz CT molecular complexity index is 106. The zero-order valence-corrected chi connectivity index (χ0v) is 8.40. The van der Waals surface area contributed by atoms with Gasteiger partial charge in [-0.15, -0.1) is 0 Å². The Kier molecular flexibility index (Phi) is 4.62. The minimum absolute atomic E-state index is 0.550. The van der Waals surface area contributed by atoms with E-state index >= 15 is 0 Å². The number of hydrogen-bond donors (Lipinski definition) is 2. The molecule has 0 amide bonds. The first-order valence-electron chi connectivity index (χ1n) is 5.27. The van der Waals surface area contributed by atoms with Crippen LogP contribution in [0.3, 0.4) is 0 Å². The first-order chi connectivity index (χ1) is 5.79. The van der Waals surface area contributed by atoms with Gasteiger partial charge < -0.3 is 0 Å².